The van der Waals surface area contributed by atoms with E-state index in [0.29, 0.717) is 5.56 Å². The maximum absolute atomic E-state index is 12.7. The summed E-state index contributed by atoms with van der Waals surface area (Å²) >= 11 is 0. The lowest BCUT2D eigenvalue weighted by Crippen LogP contribution is -2.26. The van der Waals surface area contributed by atoms with Gasteiger partial charge in [0.2, 0.25) is 15.8 Å². The first kappa shape index (κ1) is 21.8. The molecule has 0 aliphatic rings. The summed E-state index contributed by atoms with van der Waals surface area (Å²) in [5.41, 5.74) is 3.45. The average Bonchev–Trinajstić information content (AvgIpc) is 2.64. The fourth-order valence-electron chi connectivity index (χ4n) is 2.72. The monoisotopic (exact) mass is 403 g/mol. The second kappa shape index (κ2) is 8.24. The SMILES string of the molecule is Cc1cc(C)c(C(=O)[C@H](C)OC(=O)c2cccc(S(=O)(=O)N(C)C)c2)cc1C. The van der Waals surface area contributed by atoms with E-state index < -0.39 is 22.1 Å². The van der Waals surface area contributed by atoms with Gasteiger partial charge in [0, 0.05) is 19.7 Å². The van der Waals surface area contributed by atoms with Crippen molar-refractivity contribution >= 4 is 21.8 Å². The number of benzene rings is 2. The van der Waals surface area contributed by atoms with Crippen molar-refractivity contribution in [2.24, 2.45) is 0 Å². The van der Waals surface area contributed by atoms with Crippen LogP contribution in [0.4, 0.5) is 0 Å². The van der Waals surface area contributed by atoms with Crippen molar-refractivity contribution in [1.29, 1.82) is 0 Å². The number of esters is 1. The topological polar surface area (TPSA) is 80.8 Å². The largest absolute Gasteiger partial charge is 0.451 e. The van der Waals surface area contributed by atoms with Gasteiger partial charge in [0.1, 0.15) is 0 Å². The smallest absolute Gasteiger partial charge is 0.338 e. The lowest BCUT2D eigenvalue weighted by molar-refractivity contribution is 0.0318. The highest BCUT2D eigenvalue weighted by Crippen LogP contribution is 2.19. The Morgan fingerprint density at radius 3 is 2.18 bits per heavy atom. The number of hydrogen-bond donors (Lipinski definition) is 0. The first-order valence-corrected chi connectivity index (χ1v) is 10.2. The molecule has 0 unspecified atom stereocenters. The van der Waals surface area contributed by atoms with Gasteiger partial charge >= 0.3 is 5.97 Å². The predicted octanol–water partition coefficient (Wildman–Crippen LogP) is 3.29. The minimum atomic E-state index is -3.68. The molecule has 0 aromatic heterocycles. The standard InChI is InChI=1S/C21H25NO5S/c1-13-10-15(3)19(11-14(13)2)20(23)16(4)27-21(24)17-8-7-9-18(12-17)28(25,26)22(5)6/h7-12,16H,1-6H3/t16-/m0/s1. The zero-order chi connectivity index (χ0) is 21.2. The summed E-state index contributed by atoms with van der Waals surface area (Å²) in [6, 6.07) is 9.28. The van der Waals surface area contributed by atoms with Crippen molar-refractivity contribution in [3.8, 4) is 0 Å². The molecule has 0 bridgehead atoms. The van der Waals surface area contributed by atoms with Gasteiger partial charge in [0.25, 0.3) is 0 Å². The number of nitrogens with zero attached hydrogens (tertiary/aromatic N) is 1. The third-order valence-electron chi connectivity index (χ3n) is 4.61. The number of sulfonamides is 1. The van der Waals surface area contributed by atoms with Crippen LogP contribution in [0.3, 0.4) is 0 Å². The van der Waals surface area contributed by atoms with Gasteiger partial charge in [-0.15, -0.1) is 0 Å². The molecule has 0 spiro atoms. The Balaban J connectivity index is 2.23. The van der Waals surface area contributed by atoms with Crippen molar-refractivity contribution in [3.63, 3.8) is 0 Å². The molecule has 0 aliphatic carbocycles. The number of hydrogen-bond acceptors (Lipinski definition) is 5. The van der Waals surface area contributed by atoms with Crippen molar-refractivity contribution < 1.29 is 22.7 Å². The van der Waals surface area contributed by atoms with E-state index in [-0.39, 0.29) is 16.2 Å². The fraction of sp³-hybridized carbons (Fsp3) is 0.333. The highest BCUT2D eigenvalue weighted by Gasteiger charge is 2.24. The second-order valence-electron chi connectivity index (χ2n) is 6.98. The Hall–Kier alpha value is -2.51. The summed E-state index contributed by atoms with van der Waals surface area (Å²) in [6.45, 7) is 7.23. The molecule has 0 heterocycles. The lowest BCUT2D eigenvalue weighted by Gasteiger charge is -2.16. The molecule has 0 fully saturated rings. The Morgan fingerprint density at radius 2 is 1.57 bits per heavy atom. The zero-order valence-electron chi connectivity index (χ0n) is 16.9. The maximum atomic E-state index is 12.7. The Morgan fingerprint density at radius 1 is 0.964 bits per heavy atom. The molecule has 28 heavy (non-hydrogen) atoms. The van der Waals surface area contributed by atoms with Crippen LogP contribution >= 0.6 is 0 Å². The quantitative estimate of drug-likeness (QED) is 0.546. The molecule has 0 radical (unpaired) electrons. The summed E-state index contributed by atoms with van der Waals surface area (Å²) < 4.78 is 30.8. The van der Waals surface area contributed by atoms with Gasteiger partial charge in [-0.1, -0.05) is 12.1 Å². The summed E-state index contributed by atoms with van der Waals surface area (Å²) in [5, 5.41) is 0. The van der Waals surface area contributed by atoms with Gasteiger partial charge < -0.3 is 4.74 Å². The van der Waals surface area contributed by atoms with Crippen LogP contribution in [0.1, 0.15) is 44.3 Å². The first-order valence-electron chi connectivity index (χ1n) is 8.80. The summed E-state index contributed by atoms with van der Waals surface area (Å²) in [7, 11) is -0.857. The van der Waals surface area contributed by atoms with Crippen LogP contribution in [0.15, 0.2) is 41.3 Å². The summed E-state index contributed by atoms with van der Waals surface area (Å²) in [4.78, 5) is 25.2. The van der Waals surface area contributed by atoms with Gasteiger partial charge in [-0.2, -0.15) is 0 Å². The zero-order valence-corrected chi connectivity index (χ0v) is 17.8. The molecular formula is C21H25NO5S. The number of carbonyl (C=O) groups is 2. The molecule has 7 heteroatoms. The molecule has 0 saturated heterocycles. The molecule has 0 amide bonds. The van der Waals surface area contributed by atoms with E-state index >= 15 is 0 Å². The van der Waals surface area contributed by atoms with E-state index in [4.69, 9.17) is 4.74 Å². The number of rotatable bonds is 6. The van der Waals surface area contributed by atoms with Crippen LogP contribution < -0.4 is 0 Å². The first-order chi connectivity index (χ1) is 12.9. The number of aryl methyl sites for hydroxylation is 3. The van der Waals surface area contributed by atoms with E-state index in [1.807, 2.05) is 26.8 Å². The minimum Gasteiger partial charge on any atom is -0.451 e. The third kappa shape index (κ3) is 4.48. The van der Waals surface area contributed by atoms with Crippen LogP contribution in [0.5, 0.6) is 0 Å². The van der Waals surface area contributed by atoms with E-state index in [0.717, 1.165) is 21.0 Å². The average molecular weight is 404 g/mol. The Labute approximate surface area is 166 Å². The van der Waals surface area contributed by atoms with Gasteiger partial charge in [-0.05, 0) is 68.7 Å². The normalized spacial score (nSPS) is 12.7. The molecule has 0 saturated carbocycles. The highest BCUT2D eigenvalue weighted by molar-refractivity contribution is 7.89. The predicted molar refractivity (Wildman–Crippen MR) is 107 cm³/mol. The molecule has 1 atom stereocenters. The highest BCUT2D eigenvalue weighted by atomic mass is 32.2. The van der Waals surface area contributed by atoms with E-state index in [9.17, 15) is 18.0 Å². The van der Waals surface area contributed by atoms with Crippen molar-refractivity contribution in [2.45, 2.75) is 38.7 Å². The fourth-order valence-corrected chi connectivity index (χ4v) is 3.67. The van der Waals surface area contributed by atoms with Gasteiger partial charge in [-0.25, -0.2) is 17.5 Å². The molecular weight excluding hydrogens is 378 g/mol. The molecule has 2 aromatic carbocycles. The van der Waals surface area contributed by atoms with Crippen molar-refractivity contribution in [3.05, 3.63) is 64.2 Å². The third-order valence-corrected chi connectivity index (χ3v) is 6.42. The van der Waals surface area contributed by atoms with Crippen LogP contribution in [-0.2, 0) is 14.8 Å². The maximum Gasteiger partial charge on any atom is 0.338 e. The van der Waals surface area contributed by atoms with Crippen LogP contribution in [-0.4, -0.2) is 44.7 Å². The van der Waals surface area contributed by atoms with Gasteiger partial charge in [0.15, 0.2) is 6.10 Å². The second-order valence-corrected chi connectivity index (χ2v) is 9.13. The summed E-state index contributed by atoms with van der Waals surface area (Å²) in [6.07, 6.45) is -0.998. The molecule has 6 nitrogen and oxygen atoms in total. The van der Waals surface area contributed by atoms with E-state index in [2.05, 4.69) is 0 Å². The number of carbonyl (C=O) groups excluding carboxylic acids is 2. The molecule has 0 aliphatic heterocycles. The molecule has 2 rings (SSSR count). The van der Waals surface area contributed by atoms with E-state index in [1.165, 1.54) is 45.3 Å². The van der Waals surface area contributed by atoms with Gasteiger partial charge in [0.05, 0.1) is 10.5 Å². The van der Waals surface area contributed by atoms with E-state index in [1.54, 1.807) is 6.07 Å². The molecule has 150 valence electrons. The Kier molecular flexibility index (Phi) is 6.41. The number of ether oxygens (including phenoxy) is 1. The minimum absolute atomic E-state index is 0.0177. The van der Waals surface area contributed by atoms with Crippen LogP contribution in [0.25, 0.3) is 0 Å². The lowest BCUT2D eigenvalue weighted by atomic mass is 9.96. The number of Topliss-reactive ketones (excluding diaryl/α,β-unsaturated/α-hetero) is 1. The van der Waals surface area contributed by atoms with Gasteiger partial charge in [-0.3, -0.25) is 4.79 Å². The molecule has 0 N–H and O–H groups in total. The van der Waals surface area contributed by atoms with Crippen LogP contribution in [0.2, 0.25) is 0 Å². The number of ketones is 1. The van der Waals surface area contributed by atoms with Crippen LogP contribution in [0, 0.1) is 20.8 Å². The van der Waals surface area contributed by atoms with Crippen molar-refractivity contribution in [2.75, 3.05) is 14.1 Å². The summed E-state index contributed by atoms with van der Waals surface area (Å²) in [5.74, 6) is -1.05. The van der Waals surface area contributed by atoms with Crippen molar-refractivity contribution in [1.82, 2.24) is 4.31 Å². The Bertz CT molecular complexity index is 1030. The molecule has 2 aromatic rings.